The third kappa shape index (κ3) is 5.25. The Bertz CT molecular complexity index is 3530. The Labute approximate surface area is 340 Å². The molecule has 0 saturated heterocycles. The van der Waals surface area contributed by atoms with Crippen molar-refractivity contribution in [3.63, 3.8) is 0 Å². The highest BCUT2D eigenvalue weighted by Crippen LogP contribution is 2.48. The van der Waals surface area contributed by atoms with Crippen LogP contribution in [0.25, 0.3) is 96.4 Å². The summed E-state index contributed by atoms with van der Waals surface area (Å²) in [6.45, 7) is 0. The Kier molecular flexibility index (Phi) is 7.51. The highest BCUT2D eigenvalue weighted by Gasteiger charge is 2.24. The summed E-state index contributed by atoms with van der Waals surface area (Å²) in [5.41, 5.74) is 7.38. The summed E-state index contributed by atoms with van der Waals surface area (Å²) in [7, 11) is 0. The van der Waals surface area contributed by atoms with E-state index >= 15 is 0 Å². The topological polar surface area (TPSA) is 55.1 Å². The molecular formula is C51H30N4OS2. The van der Waals surface area contributed by atoms with Gasteiger partial charge < -0.3 is 9.32 Å². The van der Waals surface area contributed by atoms with E-state index in [-0.39, 0.29) is 0 Å². The van der Waals surface area contributed by atoms with E-state index in [4.69, 9.17) is 19.4 Å². The maximum Gasteiger partial charge on any atom is 0.164 e. The van der Waals surface area contributed by atoms with Crippen LogP contribution in [0.3, 0.4) is 0 Å². The second-order valence-electron chi connectivity index (χ2n) is 14.3. The molecule has 0 fully saturated rings. The molecule has 0 aliphatic carbocycles. The molecule has 0 N–H and O–H groups in total. The number of para-hydroxylation sites is 2. The first-order valence-electron chi connectivity index (χ1n) is 19.2. The van der Waals surface area contributed by atoms with E-state index in [9.17, 15) is 0 Å². The molecule has 0 radical (unpaired) electrons. The molecule has 0 unspecified atom stereocenters. The molecule has 58 heavy (non-hydrogen) atoms. The Morgan fingerprint density at radius 2 is 1.02 bits per heavy atom. The van der Waals surface area contributed by atoms with Gasteiger partial charge in [-0.05, 0) is 48.5 Å². The van der Waals surface area contributed by atoms with Crippen molar-refractivity contribution < 1.29 is 4.42 Å². The molecule has 0 saturated carbocycles. The zero-order valence-electron chi connectivity index (χ0n) is 30.8. The van der Waals surface area contributed by atoms with Crippen LogP contribution in [0.1, 0.15) is 0 Å². The van der Waals surface area contributed by atoms with Crippen molar-refractivity contribution in [3.05, 3.63) is 182 Å². The zero-order chi connectivity index (χ0) is 38.2. The number of anilines is 3. The zero-order valence-corrected chi connectivity index (χ0v) is 32.5. The molecule has 0 amide bonds. The van der Waals surface area contributed by atoms with Crippen LogP contribution in [0.2, 0.25) is 0 Å². The van der Waals surface area contributed by atoms with Gasteiger partial charge in [0.15, 0.2) is 17.5 Å². The van der Waals surface area contributed by atoms with E-state index in [2.05, 4.69) is 157 Å². The number of benzene rings is 8. The van der Waals surface area contributed by atoms with Crippen molar-refractivity contribution in [2.75, 3.05) is 4.90 Å². The van der Waals surface area contributed by atoms with Crippen molar-refractivity contribution in [2.45, 2.75) is 0 Å². The predicted octanol–water partition coefficient (Wildman–Crippen LogP) is 15.0. The molecule has 8 aromatic carbocycles. The van der Waals surface area contributed by atoms with Crippen molar-refractivity contribution in [1.82, 2.24) is 15.0 Å². The summed E-state index contributed by atoms with van der Waals surface area (Å²) < 4.78 is 11.6. The Morgan fingerprint density at radius 3 is 1.84 bits per heavy atom. The highest BCUT2D eigenvalue weighted by molar-refractivity contribution is 7.26. The van der Waals surface area contributed by atoms with E-state index in [1.54, 1.807) is 11.3 Å². The summed E-state index contributed by atoms with van der Waals surface area (Å²) in [5, 5.41) is 6.80. The third-order valence-electron chi connectivity index (χ3n) is 10.9. The van der Waals surface area contributed by atoms with Gasteiger partial charge in [0.25, 0.3) is 0 Å². The van der Waals surface area contributed by atoms with Gasteiger partial charge in [-0.15, -0.1) is 22.7 Å². The summed E-state index contributed by atoms with van der Waals surface area (Å²) in [5.74, 6) is 1.81. The maximum atomic E-state index is 6.74. The maximum absolute atomic E-state index is 6.74. The first-order chi connectivity index (χ1) is 28.7. The monoisotopic (exact) mass is 778 g/mol. The number of aromatic nitrogens is 3. The lowest BCUT2D eigenvalue weighted by Gasteiger charge is -2.26. The molecule has 0 atom stereocenters. The normalized spacial score (nSPS) is 11.8. The van der Waals surface area contributed by atoms with E-state index in [0.717, 1.165) is 61.1 Å². The number of rotatable bonds is 6. The fourth-order valence-corrected chi connectivity index (χ4v) is 10.7. The van der Waals surface area contributed by atoms with Crippen LogP contribution in [-0.2, 0) is 0 Å². The summed E-state index contributed by atoms with van der Waals surface area (Å²) >= 11 is 3.61. The number of thiophene rings is 2. The number of hydrogen-bond donors (Lipinski definition) is 0. The van der Waals surface area contributed by atoms with E-state index in [0.29, 0.717) is 17.5 Å². The molecule has 0 bridgehead atoms. The SMILES string of the molecule is c1ccc(-c2nc(-c3cc(N(c4ccccc4)c4cccc5c4sc4ccccc45)cc4oc5ccccc5c34)nc(-c3cccc4sc5ccccc5c34)n2)cc1. The smallest absolute Gasteiger partial charge is 0.164 e. The second-order valence-corrected chi connectivity index (χ2v) is 16.5. The van der Waals surface area contributed by atoms with Crippen LogP contribution in [0, 0.1) is 0 Å². The minimum Gasteiger partial charge on any atom is -0.456 e. The average molecular weight is 779 g/mol. The summed E-state index contributed by atoms with van der Waals surface area (Å²) in [6, 6.07) is 63.6. The van der Waals surface area contributed by atoms with Gasteiger partial charge in [0.1, 0.15) is 11.2 Å². The van der Waals surface area contributed by atoms with Gasteiger partial charge in [-0.25, -0.2) is 15.0 Å². The first-order valence-corrected chi connectivity index (χ1v) is 20.8. The van der Waals surface area contributed by atoms with Gasteiger partial charge in [0, 0.05) is 74.9 Å². The van der Waals surface area contributed by atoms with Crippen LogP contribution in [0.4, 0.5) is 17.1 Å². The Hall–Kier alpha value is -7.19. The fraction of sp³-hybridized carbons (Fsp3) is 0. The lowest BCUT2D eigenvalue weighted by molar-refractivity contribution is 0.669. The predicted molar refractivity (Wildman–Crippen MR) is 244 cm³/mol. The van der Waals surface area contributed by atoms with Crippen molar-refractivity contribution >= 4 is 102 Å². The Balaban J connectivity index is 1.17. The van der Waals surface area contributed by atoms with Crippen molar-refractivity contribution in [2.24, 2.45) is 0 Å². The molecule has 12 rings (SSSR count). The van der Waals surface area contributed by atoms with Crippen LogP contribution >= 0.6 is 22.7 Å². The number of nitrogens with zero attached hydrogens (tertiary/aromatic N) is 4. The average Bonchev–Trinajstić information content (AvgIpc) is 3.98. The van der Waals surface area contributed by atoms with E-state index < -0.39 is 0 Å². The van der Waals surface area contributed by atoms with E-state index in [1.165, 1.54) is 35.0 Å². The molecule has 5 nitrogen and oxygen atoms in total. The molecule has 4 heterocycles. The minimum atomic E-state index is 0.576. The number of hydrogen-bond acceptors (Lipinski definition) is 7. The molecule has 4 aromatic heterocycles. The quantitative estimate of drug-likeness (QED) is 0.168. The van der Waals surface area contributed by atoms with Crippen molar-refractivity contribution in [1.29, 1.82) is 0 Å². The summed E-state index contributed by atoms with van der Waals surface area (Å²) in [4.78, 5) is 18.3. The molecular weight excluding hydrogens is 749 g/mol. The van der Waals surface area contributed by atoms with Crippen LogP contribution in [0.15, 0.2) is 186 Å². The molecule has 272 valence electrons. The molecule has 0 aliphatic rings. The summed E-state index contributed by atoms with van der Waals surface area (Å²) in [6.07, 6.45) is 0. The number of fused-ring (bicyclic) bond motifs is 9. The van der Waals surface area contributed by atoms with Crippen LogP contribution < -0.4 is 4.90 Å². The molecule has 0 spiro atoms. The van der Waals surface area contributed by atoms with Crippen LogP contribution in [0.5, 0.6) is 0 Å². The lowest BCUT2D eigenvalue weighted by Crippen LogP contribution is -2.10. The lowest BCUT2D eigenvalue weighted by atomic mass is 10.0. The Morgan fingerprint density at radius 1 is 0.397 bits per heavy atom. The number of furan rings is 1. The van der Waals surface area contributed by atoms with Gasteiger partial charge in [-0.1, -0.05) is 127 Å². The fourth-order valence-electron chi connectivity index (χ4n) is 8.35. The molecule has 7 heteroatoms. The van der Waals surface area contributed by atoms with Gasteiger partial charge in [0.2, 0.25) is 0 Å². The molecule has 0 aliphatic heterocycles. The largest absolute Gasteiger partial charge is 0.456 e. The van der Waals surface area contributed by atoms with Crippen LogP contribution in [-0.4, -0.2) is 15.0 Å². The standard InChI is InChI=1S/C51H30N4OS2/c1-3-15-31(16-4-1)49-52-50(38-23-14-28-45-47(38)37-21-9-12-27-44(37)57-45)54-51(53-49)39-29-33(30-42-46(39)36-20-7-10-25-41(36)56-42)55(32-17-5-2-6-18-32)40-24-13-22-35-34-19-8-11-26-43(34)58-48(35)40/h1-30H. The van der Waals surface area contributed by atoms with Gasteiger partial charge in [0.05, 0.1) is 16.1 Å². The van der Waals surface area contributed by atoms with Crippen molar-refractivity contribution in [3.8, 4) is 34.2 Å². The van der Waals surface area contributed by atoms with Gasteiger partial charge in [-0.2, -0.15) is 0 Å². The highest BCUT2D eigenvalue weighted by atomic mass is 32.1. The second kappa shape index (κ2) is 13.2. The van der Waals surface area contributed by atoms with Gasteiger partial charge in [-0.3, -0.25) is 0 Å². The minimum absolute atomic E-state index is 0.576. The van der Waals surface area contributed by atoms with E-state index in [1.807, 2.05) is 41.7 Å². The first kappa shape index (κ1) is 33.0. The van der Waals surface area contributed by atoms with Gasteiger partial charge >= 0.3 is 0 Å². The third-order valence-corrected chi connectivity index (χ3v) is 13.3. The molecule has 12 aromatic rings.